The molecule has 5 N–H and O–H groups in total. The molecule has 0 radical (unpaired) electrons. The number of nitro benzene ring substituents is 1. The van der Waals surface area contributed by atoms with Crippen LogP contribution in [-0.4, -0.2) is 62.6 Å². The van der Waals surface area contributed by atoms with E-state index in [1.165, 1.54) is 12.1 Å². The third-order valence-electron chi connectivity index (χ3n) is 3.58. The van der Waals surface area contributed by atoms with E-state index in [0.717, 1.165) is 0 Å². The number of nitrogens with zero attached hydrogens (tertiary/aromatic N) is 1. The van der Waals surface area contributed by atoms with Gasteiger partial charge >= 0.3 is 0 Å². The molecule has 0 bridgehead atoms. The van der Waals surface area contributed by atoms with Crippen molar-refractivity contribution < 1.29 is 30.1 Å². The SMILES string of the molecule is Cc1ccc(N[C@H]2O[C@H](C(O)CO)[C@@H](O)[C@H]2O)cc1[N+](=O)[O-]. The Morgan fingerprint density at radius 2 is 2.09 bits per heavy atom. The summed E-state index contributed by atoms with van der Waals surface area (Å²) in [5.41, 5.74) is 0.717. The molecule has 1 fully saturated rings. The van der Waals surface area contributed by atoms with Gasteiger partial charge in [0.2, 0.25) is 0 Å². The smallest absolute Gasteiger partial charge is 0.274 e. The molecule has 0 aromatic heterocycles. The van der Waals surface area contributed by atoms with E-state index in [1.54, 1.807) is 13.0 Å². The van der Waals surface area contributed by atoms with Gasteiger partial charge in [-0.1, -0.05) is 6.07 Å². The normalized spacial score (nSPS) is 29.3. The standard InChI is InChI=1S/C13H18N2O7/c1-6-2-3-7(4-8(6)15(20)21)14-13-11(19)10(18)12(22-13)9(17)5-16/h2-4,9-14,16-19H,5H2,1H3/t9?,10-,11+,12+,13-/m0/s1. The summed E-state index contributed by atoms with van der Waals surface area (Å²) in [7, 11) is 0. The van der Waals surface area contributed by atoms with Crippen molar-refractivity contribution in [3.05, 3.63) is 33.9 Å². The molecular weight excluding hydrogens is 296 g/mol. The highest BCUT2D eigenvalue weighted by Gasteiger charge is 2.45. The third kappa shape index (κ3) is 3.18. The average molecular weight is 314 g/mol. The molecule has 122 valence electrons. The Morgan fingerprint density at radius 1 is 1.41 bits per heavy atom. The predicted molar refractivity (Wildman–Crippen MR) is 75.2 cm³/mol. The fraction of sp³-hybridized carbons (Fsp3) is 0.538. The molecule has 1 aliphatic heterocycles. The lowest BCUT2D eigenvalue weighted by atomic mass is 10.1. The van der Waals surface area contributed by atoms with Crippen molar-refractivity contribution in [2.75, 3.05) is 11.9 Å². The molecule has 22 heavy (non-hydrogen) atoms. The minimum absolute atomic E-state index is 0.0926. The minimum atomic E-state index is -1.39. The first-order chi connectivity index (χ1) is 10.3. The molecule has 1 aromatic rings. The van der Waals surface area contributed by atoms with Crippen molar-refractivity contribution in [3.8, 4) is 0 Å². The van der Waals surface area contributed by atoms with E-state index in [9.17, 15) is 25.4 Å². The van der Waals surface area contributed by atoms with Crippen LogP contribution in [0.25, 0.3) is 0 Å². The van der Waals surface area contributed by atoms with Crippen LogP contribution in [0, 0.1) is 17.0 Å². The number of rotatable bonds is 5. The maximum absolute atomic E-state index is 10.9. The molecule has 0 spiro atoms. The summed E-state index contributed by atoms with van der Waals surface area (Å²) < 4.78 is 5.28. The first kappa shape index (κ1) is 16.6. The Morgan fingerprint density at radius 3 is 2.68 bits per heavy atom. The summed E-state index contributed by atoms with van der Waals surface area (Å²) in [5.74, 6) is 0. The second-order valence-electron chi connectivity index (χ2n) is 5.16. The molecule has 1 unspecified atom stereocenters. The molecule has 9 nitrogen and oxygen atoms in total. The van der Waals surface area contributed by atoms with Gasteiger partial charge in [-0.15, -0.1) is 0 Å². The summed E-state index contributed by atoms with van der Waals surface area (Å²) in [6, 6.07) is 4.40. The van der Waals surface area contributed by atoms with Gasteiger partial charge in [-0.25, -0.2) is 0 Å². The van der Waals surface area contributed by atoms with Crippen molar-refractivity contribution in [2.24, 2.45) is 0 Å². The van der Waals surface area contributed by atoms with Gasteiger partial charge in [0.15, 0.2) is 6.23 Å². The zero-order chi connectivity index (χ0) is 16.4. The molecule has 9 heteroatoms. The zero-order valence-corrected chi connectivity index (χ0v) is 11.8. The molecule has 0 saturated carbocycles. The molecule has 1 heterocycles. The van der Waals surface area contributed by atoms with Gasteiger partial charge in [-0.3, -0.25) is 10.1 Å². The maximum atomic E-state index is 10.9. The van der Waals surface area contributed by atoms with E-state index in [-0.39, 0.29) is 5.69 Å². The number of aryl methyl sites for hydroxylation is 1. The maximum Gasteiger partial charge on any atom is 0.274 e. The topological polar surface area (TPSA) is 145 Å². The highest BCUT2D eigenvalue weighted by molar-refractivity contribution is 5.55. The second kappa shape index (κ2) is 6.55. The molecule has 2 rings (SSSR count). The van der Waals surface area contributed by atoms with Crippen LogP contribution in [-0.2, 0) is 4.74 Å². The van der Waals surface area contributed by atoms with E-state index in [4.69, 9.17) is 9.84 Å². The molecular formula is C13H18N2O7. The number of hydrogen-bond acceptors (Lipinski definition) is 8. The summed E-state index contributed by atoms with van der Waals surface area (Å²) in [5, 5.41) is 51.7. The highest BCUT2D eigenvalue weighted by Crippen LogP contribution is 2.28. The number of hydrogen-bond donors (Lipinski definition) is 5. The average Bonchev–Trinajstić information content (AvgIpc) is 2.76. The van der Waals surface area contributed by atoms with Gasteiger partial charge in [0.25, 0.3) is 5.69 Å². The van der Waals surface area contributed by atoms with Crippen LogP contribution < -0.4 is 5.32 Å². The van der Waals surface area contributed by atoms with Crippen molar-refractivity contribution in [3.63, 3.8) is 0 Å². The number of aliphatic hydroxyl groups is 4. The summed E-state index contributed by atoms with van der Waals surface area (Å²) >= 11 is 0. The fourth-order valence-corrected chi connectivity index (χ4v) is 2.31. The first-order valence-electron chi connectivity index (χ1n) is 6.67. The zero-order valence-electron chi connectivity index (χ0n) is 11.8. The summed E-state index contributed by atoms with van der Waals surface area (Å²) in [6.45, 7) is 0.970. The summed E-state index contributed by atoms with van der Waals surface area (Å²) in [6.07, 6.45) is -6.31. The lowest BCUT2D eigenvalue weighted by Crippen LogP contribution is -2.40. The van der Waals surface area contributed by atoms with Crippen molar-refractivity contribution in [1.29, 1.82) is 0 Å². The van der Waals surface area contributed by atoms with E-state index in [2.05, 4.69) is 5.32 Å². The first-order valence-corrected chi connectivity index (χ1v) is 6.67. The van der Waals surface area contributed by atoms with Crippen LogP contribution in [0.1, 0.15) is 5.56 Å². The molecule has 1 aliphatic rings. The van der Waals surface area contributed by atoms with Crippen LogP contribution in [0.3, 0.4) is 0 Å². The number of anilines is 1. The number of ether oxygens (including phenoxy) is 1. The Balaban J connectivity index is 2.14. The Bertz CT molecular complexity index is 553. The number of nitro groups is 1. The van der Waals surface area contributed by atoms with Gasteiger partial charge in [-0.05, 0) is 13.0 Å². The number of benzene rings is 1. The van der Waals surface area contributed by atoms with Gasteiger partial charge in [0, 0.05) is 17.3 Å². The van der Waals surface area contributed by atoms with Gasteiger partial charge in [0.1, 0.15) is 24.4 Å². The largest absolute Gasteiger partial charge is 0.394 e. The van der Waals surface area contributed by atoms with Crippen LogP contribution in [0.4, 0.5) is 11.4 Å². The van der Waals surface area contributed by atoms with Crippen molar-refractivity contribution in [2.45, 2.75) is 37.6 Å². The van der Waals surface area contributed by atoms with Crippen LogP contribution in [0.5, 0.6) is 0 Å². The third-order valence-corrected chi connectivity index (χ3v) is 3.58. The minimum Gasteiger partial charge on any atom is -0.394 e. The summed E-state index contributed by atoms with van der Waals surface area (Å²) in [4.78, 5) is 10.4. The molecule has 1 aromatic carbocycles. The molecule has 0 aliphatic carbocycles. The Labute approximate surface area is 125 Å². The lowest BCUT2D eigenvalue weighted by molar-refractivity contribution is -0.385. The molecule has 1 saturated heterocycles. The van der Waals surface area contributed by atoms with E-state index >= 15 is 0 Å². The molecule has 0 amide bonds. The number of aliphatic hydroxyl groups excluding tert-OH is 4. The van der Waals surface area contributed by atoms with Crippen LogP contribution >= 0.6 is 0 Å². The Hall–Kier alpha value is -1.78. The lowest BCUT2D eigenvalue weighted by Gasteiger charge is -2.19. The van der Waals surface area contributed by atoms with Gasteiger partial charge in [0.05, 0.1) is 11.5 Å². The van der Waals surface area contributed by atoms with Crippen LogP contribution in [0.2, 0.25) is 0 Å². The van der Waals surface area contributed by atoms with Gasteiger partial charge in [-0.2, -0.15) is 0 Å². The highest BCUT2D eigenvalue weighted by atomic mass is 16.6. The van der Waals surface area contributed by atoms with Crippen molar-refractivity contribution in [1.82, 2.24) is 0 Å². The van der Waals surface area contributed by atoms with Crippen molar-refractivity contribution >= 4 is 11.4 Å². The monoisotopic (exact) mass is 314 g/mol. The fourth-order valence-electron chi connectivity index (χ4n) is 2.31. The van der Waals surface area contributed by atoms with E-state index in [0.29, 0.717) is 11.3 Å². The number of nitrogens with one attached hydrogen (secondary N) is 1. The van der Waals surface area contributed by atoms with E-state index in [1.807, 2.05) is 0 Å². The van der Waals surface area contributed by atoms with Gasteiger partial charge < -0.3 is 30.5 Å². The van der Waals surface area contributed by atoms with E-state index < -0.39 is 42.2 Å². The second-order valence-corrected chi connectivity index (χ2v) is 5.16. The predicted octanol–water partition coefficient (Wildman–Crippen LogP) is -0.885. The Kier molecular flexibility index (Phi) is 4.94. The quantitative estimate of drug-likeness (QED) is 0.348. The molecule has 5 atom stereocenters. The van der Waals surface area contributed by atoms with Crippen LogP contribution in [0.15, 0.2) is 18.2 Å².